The van der Waals surface area contributed by atoms with Crippen molar-refractivity contribution in [3.8, 4) is 0 Å². The molecule has 1 amide bonds. The Labute approximate surface area is 195 Å². The maximum atomic E-state index is 12.7. The number of nitrogens with two attached hydrogens (primary N) is 1. The number of rotatable bonds is 7. The summed E-state index contributed by atoms with van der Waals surface area (Å²) in [7, 11) is 1.33. The zero-order chi connectivity index (χ0) is 24.1. The highest BCUT2D eigenvalue weighted by atomic mass is 32.1. The van der Waals surface area contributed by atoms with E-state index in [1.807, 2.05) is 0 Å². The molecule has 1 aromatic rings. The highest BCUT2D eigenvalue weighted by Crippen LogP contribution is 2.40. The lowest BCUT2D eigenvalue weighted by molar-refractivity contribution is -0.148. The van der Waals surface area contributed by atoms with E-state index in [2.05, 4.69) is 24.1 Å². The van der Waals surface area contributed by atoms with Crippen LogP contribution < -0.4 is 11.1 Å². The van der Waals surface area contributed by atoms with Gasteiger partial charge in [-0.15, -0.1) is 0 Å². The number of methoxy groups -OCH3 is 1. The zero-order valence-corrected chi connectivity index (χ0v) is 20.6. The number of amides is 1. The molecule has 2 rings (SSSR count). The van der Waals surface area contributed by atoms with Gasteiger partial charge in [-0.3, -0.25) is 9.36 Å². The number of hydrogen-bond donors (Lipinski definition) is 2. The number of imidazole rings is 1. The lowest BCUT2D eigenvalue weighted by atomic mass is 9.81. The van der Waals surface area contributed by atoms with Crippen LogP contribution >= 0.6 is 12.2 Å². The number of nitrogens with zero attached hydrogens (tertiary/aromatic N) is 2. The Kier molecular flexibility index (Phi) is 9.03. The predicted octanol–water partition coefficient (Wildman–Crippen LogP) is 2.87. The van der Waals surface area contributed by atoms with Gasteiger partial charge in [0.05, 0.1) is 13.0 Å². The quantitative estimate of drug-likeness (QED) is 0.463. The standard InChI is InChI=1S/C22H36N4O5S/c1-7-13(8-2)17(23)16-15(25-20(28)31-22(3,4)5)11-14(19(27)29-6)18(16)30-21(32)26-10-9-24-12-26/h9-10,12-18H,7-8,11,23H2,1-6H3,(H,25,28). The molecule has 0 radical (unpaired) electrons. The van der Waals surface area contributed by atoms with Crippen molar-refractivity contribution >= 4 is 29.5 Å². The Hall–Kier alpha value is -2.20. The minimum Gasteiger partial charge on any atom is -0.469 e. The summed E-state index contributed by atoms with van der Waals surface area (Å²) < 4.78 is 18.2. The number of aromatic nitrogens is 2. The van der Waals surface area contributed by atoms with Crippen LogP contribution in [0.15, 0.2) is 18.7 Å². The van der Waals surface area contributed by atoms with Crippen LogP contribution in [0.2, 0.25) is 0 Å². The molecular weight excluding hydrogens is 432 g/mol. The lowest BCUT2D eigenvalue weighted by Crippen LogP contribution is -2.52. The molecule has 0 bridgehead atoms. The van der Waals surface area contributed by atoms with E-state index in [0.29, 0.717) is 6.42 Å². The van der Waals surface area contributed by atoms with Crippen molar-refractivity contribution in [2.24, 2.45) is 23.5 Å². The van der Waals surface area contributed by atoms with Crippen LogP contribution in [0.1, 0.15) is 53.9 Å². The van der Waals surface area contributed by atoms with E-state index in [4.69, 9.17) is 32.2 Å². The van der Waals surface area contributed by atoms with Crippen LogP contribution in [0, 0.1) is 17.8 Å². The second kappa shape index (κ2) is 11.1. The van der Waals surface area contributed by atoms with Gasteiger partial charge in [0.1, 0.15) is 18.0 Å². The number of carbonyl (C=O) groups excluding carboxylic acids is 2. The van der Waals surface area contributed by atoms with E-state index in [1.165, 1.54) is 13.4 Å². The Morgan fingerprint density at radius 3 is 2.47 bits per heavy atom. The average Bonchev–Trinajstić information content (AvgIpc) is 3.35. The fraction of sp³-hybridized carbons (Fsp3) is 0.727. The molecule has 10 heteroatoms. The lowest BCUT2D eigenvalue weighted by Gasteiger charge is -2.35. The van der Waals surface area contributed by atoms with Crippen molar-refractivity contribution < 1.29 is 23.8 Å². The topological polar surface area (TPSA) is 118 Å². The van der Waals surface area contributed by atoms with Gasteiger partial charge in [0.2, 0.25) is 0 Å². The van der Waals surface area contributed by atoms with Crippen molar-refractivity contribution in [3.63, 3.8) is 0 Å². The molecule has 5 unspecified atom stereocenters. The molecule has 9 nitrogen and oxygen atoms in total. The van der Waals surface area contributed by atoms with Crippen LogP contribution in [0.25, 0.3) is 0 Å². The molecule has 5 atom stereocenters. The van der Waals surface area contributed by atoms with Gasteiger partial charge in [0, 0.05) is 30.4 Å². The summed E-state index contributed by atoms with van der Waals surface area (Å²) in [6, 6.07) is -0.782. The molecule has 1 saturated carbocycles. The van der Waals surface area contributed by atoms with E-state index >= 15 is 0 Å². The third kappa shape index (κ3) is 6.41. The van der Waals surface area contributed by atoms with Crippen molar-refractivity contribution in [2.45, 2.75) is 77.7 Å². The number of hydrogen-bond acceptors (Lipinski definition) is 8. The van der Waals surface area contributed by atoms with Crippen LogP contribution in [0.3, 0.4) is 0 Å². The summed E-state index contributed by atoms with van der Waals surface area (Å²) in [4.78, 5) is 29.3. The molecule has 32 heavy (non-hydrogen) atoms. The van der Waals surface area contributed by atoms with E-state index in [1.54, 1.807) is 37.7 Å². The summed E-state index contributed by atoms with van der Waals surface area (Å²) >= 11 is 5.44. The van der Waals surface area contributed by atoms with Gasteiger partial charge in [0.15, 0.2) is 0 Å². The molecule has 1 fully saturated rings. The fourth-order valence-corrected chi connectivity index (χ4v) is 4.62. The zero-order valence-electron chi connectivity index (χ0n) is 19.7. The smallest absolute Gasteiger partial charge is 0.407 e. The first-order chi connectivity index (χ1) is 15.0. The summed E-state index contributed by atoms with van der Waals surface area (Å²) in [5, 5.41) is 3.08. The number of alkyl carbamates (subject to hydrolysis) is 1. The summed E-state index contributed by atoms with van der Waals surface area (Å²) in [5.41, 5.74) is 6.08. The van der Waals surface area contributed by atoms with Crippen LogP contribution in [-0.4, -0.2) is 57.7 Å². The molecule has 1 heterocycles. The minimum atomic E-state index is -0.673. The predicted molar refractivity (Wildman–Crippen MR) is 124 cm³/mol. The molecule has 1 aliphatic rings. The average molecular weight is 469 g/mol. The highest BCUT2D eigenvalue weighted by molar-refractivity contribution is 7.80. The van der Waals surface area contributed by atoms with Gasteiger partial charge in [-0.25, -0.2) is 9.78 Å². The molecule has 1 aliphatic carbocycles. The molecule has 1 aromatic heterocycles. The second-order valence-electron chi connectivity index (χ2n) is 9.17. The van der Waals surface area contributed by atoms with Crippen molar-refractivity contribution in [1.82, 2.24) is 14.9 Å². The largest absolute Gasteiger partial charge is 0.469 e. The van der Waals surface area contributed by atoms with E-state index in [0.717, 1.165) is 12.8 Å². The number of ether oxygens (including phenoxy) is 3. The summed E-state index contributed by atoms with van der Waals surface area (Å²) in [6.45, 7) is 9.52. The first-order valence-electron chi connectivity index (χ1n) is 11.0. The van der Waals surface area contributed by atoms with Gasteiger partial charge < -0.3 is 25.3 Å². The SMILES string of the molecule is CCC(CC)C(N)C1C(NC(=O)OC(C)(C)C)CC(C(=O)OC)C1OC(=S)n1ccnc1. The monoisotopic (exact) mass is 468 g/mol. The van der Waals surface area contributed by atoms with E-state index in [9.17, 15) is 9.59 Å². The summed E-state index contributed by atoms with van der Waals surface area (Å²) in [6.07, 6.45) is 5.56. The Morgan fingerprint density at radius 1 is 1.31 bits per heavy atom. The number of carbonyl (C=O) groups is 2. The number of nitrogens with one attached hydrogen (secondary N) is 1. The summed E-state index contributed by atoms with van der Waals surface area (Å²) in [5.74, 6) is -1.28. The molecule has 3 N–H and O–H groups in total. The Morgan fingerprint density at radius 2 is 1.97 bits per heavy atom. The highest BCUT2D eigenvalue weighted by Gasteiger charge is 2.53. The van der Waals surface area contributed by atoms with Gasteiger partial charge in [-0.05, 0) is 45.3 Å². The Balaban J connectivity index is 2.39. The van der Waals surface area contributed by atoms with E-state index < -0.39 is 35.7 Å². The first kappa shape index (κ1) is 26.1. The number of thiocarbonyl (C=S) groups is 1. The van der Waals surface area contributed by atoms with Crippen LogP contribution in [0.5, 0.6) is 0 Å². The van der Waals surface area contributed by atoms with E-state index in [-0.39, 0.29) is 23.1 Å². The van der Waals surface area contributed by atoms with Gasteiger partial charge >= 0.3 is 12.1 Å². The third-order valence-electron chi connectivity index (χ3n) is 5.94. The third-order valence-corrected chi connectivity index (χ3v) is 6.25. The molecule has 0 aromatic carbocycles. The maximum Gasteiger partial charge on any atom is 0.407 e. The molecule has 0 aliphatic heterocycles. The molecular formula is C22H36N4O5S. The van der Waals surface area contributed by atoms with Crippen LogP contribution in [-0.2, 0) is 19.0 Å². The van der Waals surface area contributed by atoms with Gasteiger partial charge in [-0.2, -0.15) is 0 Å². The fourth-order valence-electron chi connectivity index (χ4n) is 4.40. The maximum absolute atomic E-state index is 12.7. The minimum absolute atomic E-state index is 0.154. The van der Waals surface area contributed by atoms with Gasteiger partial charge in [-0.1, -0.05) is 26.7 Å². The second-order valence-corrected chi connectivity index (χ2v) is 9.52. The molecule has 0 spiro atoms. The number of esters is 1. The van der Waals surface area contributed by atoms with Crippen LogP contribution in [0.4, 0.5) is 4.79 Å². The normalized spacial score (nSPS) is 24.1. The molecule has 0 saturated heterocycles. The Bertz CT molecular complexity index is 776. The van der Waals surface area contributed by atoms with Crippen molar-refractivity contribution in [1.29, 1.82) is 0 Å². The van der Waals surface area contributed by atoms with Crippen molar-refractivity contribution in [2.75, 3.05) is 7.11 Å². The first-order valence-corrected chi connectivity index (χ1v) is 11.4. The van der Waals surface area contributed by atoms with Crippen molar-refractivity contribution in [3.05, 3.63) is 18.7 Å². The van der Waals surface area contributed by atoms with Gasteiger partial charge in [0.25, 0.3) is 5.17 Å². The molecule has 180 valence electrons.